The Morgan fingerprint density at radius 1 is 1.10 bits per heavy atom. The van der Waals surface area contributed by atoms with E-state index in [1.54, 1.807) is 4.31 Å². The van der Waals surface area contributed by atoms with Crippen LogP contribution in [0.4, 0.5) is 0 Å². The summed E-state index contributed by atoms with van der Waals surface area (Å²) < 4.78 is 27.2. The molecule has 116 valence electrons. The Labute approximate surface area is 127 Å². The van der Waals surface area contributed by atoms with Crippen molar-refractivity contribution in [3.63, 3.8) is 0 Å². The Balaban J connectivity index is 1.68. The van der Waals surface area contributed by atoms with E-state index in [4.69, 9.17) is 0 Å². The lowest BCUT2D eigenvalue weighted by Gasteiger charge is -2.35. The normalized spacial score (nSPS) is 24.1. The first-order valence-corrected chi connectivity index (χ1v) is 9.53. The molecule has 3 rings (SSSR count). The van der Waals surface area contributed by atoms with Crippen LogP contribution in [-0.2, 0) is 15.8 Å². The fraction of sp³-hybridized carbons (Fsp3) is 0.625. The van der Waals surface area contributed by atoms with Crippen molar-refractivity contribution < 1.29 is 8.42 Å². The lowest BCUT2D eigenvalue weighted by atomic mass is 10.1. The van der Waals surface area contributed by atoms with Crippen molar-refractivity contribution in [3.05, 3.63) is 35.9 Å². The third kappa shape index (κ3) is 4.05. The first kappa shape index (κ1) is 15.0. The van der Waals surface area contributed by atoms with Crippen molar-refractivity contribution in [1.82, 2.24) is 9.62 Å². The minimum absolute atomic E-state index is 0.119. The molecule has 1 aromatic rings. The summed E-state index contributed by atoms with van der Waals surface area (Å²) >= 11 is 0. The summed E-state index contributed by atoms with van der Waals surface area (Å²) in [6.07, 6.45) is 5.57. The van der Waals surface area contributed by atoms with Crippen LogP contribution in [0.15, 0.2) is 30.3 Å². The lowest BCUT2D eigenvalue weighted by molar-refractivity contribution is 0.245. The summed E-state index contributed by atoms with van der Waals surface area (Å²) in [6, 6.07) is 10.2. The van der Waals surface area contributed by atoms with E-state index in [-0.39, 0.29) is 11.8 Å². The zero-order valence-corrected chi connectivity index (χ0v) is 13.2. The fourth-order valence-electron chi connectivity index (χ4n) is 3.00. The minimum atomic E-state index is -3.22. The summed E-state index contributed by atoms with van der Waals surface area (Å²) in [5.41, 5.74) is 0.872. The Bertz CT molecular complexity index is 555. The molecule has 0 amide bonds. The summed E-state index contributed by atoms with van der Waals surface area (Å²) in [5, 5.41) is 3.49. The largest absolute Gasteiger partial charge is 0.312 e. The SMILES string of the molecule is O=S(=O)(Cc1ccccc1)N1CCCCC1CNC1CC1. The molecule has 0 spiro atoms. The van der Waals surface area contributed by atoms with Crippen molar-refractivity contribution in [2.45, 2.75) is 49.9 Å². The fourth-order valence-corrected chi connectivity index (χ4v) is 4.82. The second-order valence-corrected chi connectivity index (χ2v) is 8.11. The molecule has 1 aliphatic heterocycles. The average molecular weight is 308 g/mol. The van der Waals surface area contributed by atoms with E-state index in [1.165, 1.54) is 12.8 Å². The van der Waals surface area contributed by atoms with Crippen LogP contribution in [-0.4, -0.2) is 37.9 Å². The van der Waals surface area contributed by atoms with Gasteiger partial charge in [-0.3, -0.25) is 0 Å². The van der Waals surface area contributed by atoms with Crippen LogP contribution in [0, 0.1) is 0 Å². The van der Waals surface area contributed by atoms with Crippen LogP contribution in [0.5, 0.6) is 0 Å². The first-order chi connectivity index (χ1) is 10.1. The smallest absolute Gasteiger partial charge is 0.218 e. The molecule has 1 N–H and O–H groups in total. The van der Waals surface area contributed by atoms with Crippen LogP contribution < -0.4 is 5.32 Å². The van der Waals surface area contributed by atoms with E-state index >= 15 is 0 Å². The van der Waals surface area contributed by atoms with Crippen LogP contribution in [0.2, 0.25) is 0 Å². The van der Waals surface area contributed by atoms with Crippen LogP contribution >= 0.6 is 0 Å². The van der Waals surface area contributed by atoms with Crippen molar-refractivity contribution in [3.8, 4) is 0 Å². The maximum absolute atomic E-state index is 12.7. The molecule has 0 radical (unpaired) electrons. The predicted molar refractivity (Wildman–Crippen MR) is 84.4 cm³/mol. The number of benzene rings is 1. The van der Waals surface area contributed by atoms with Crippen molar-refractivity contribution in [2.24, 2.45) is 0 Å². The van der Waals surface area contributed by atoms with Gasteiger partial charge in [-0.15, -0.1) is 0 Å². The molecule has 2 aliphatic rings. The number of piperidine rings is 1. The number of hydrogen-bond donors (Lipinski definition) is 1. The van der Waals surface area contributed by atoms with Crippen molar-refractivity contribution in [2.75, 3.05) is 13.1 Å². The highest BCUT2D eigenvalue weighted by Crippen LogP contribution is 2.24. The van der Waals surface area contributed by atoms with Gasteiger partial charge in [-0.05, 0) is 31.2 Å². The van der Waals surface area contributed by atoms with Gasteiger partial charge in [0.05, 0.1) is 5.75 Å². The Kier molecular flexibility index (Phi) is 4.62. The van der Waals surface area contributed by atoms with Gasteiger partial charge in [0.2, 0.25) is 10.0 Å². The highest BCUT2D eigenvalue weighted by Gasteiger charge is 2.33. The summed E-state index contributed by atoms with van der Waals surface area (Å²) in [5.74, 6) is 0.119. The summed E-state index contributed by atoms with van der Waals surface area (Å²) in [4.78, 5) is 0. The second kappa shape index (κ2) is 6.46. The molecule has 1 atom stereocenters. The van der Waals surface area contributed by atoms with E-state index in [2.05, 4.69) is 5.32 Å². The molecular formula is C16H24N2O2S. The molecular weight excluding hydrogens is 284 g/mol. The number of hydrogen-bond acceptors (Lipinski definition) is 3. The molecule has 2 fully saturated rings. The topological polar surface area (TPSA) is 49.4 Å². The Hall–Kier alpha value is -0.910. The second-order valence-electron chi connectivity index (χ2n) is 6.18. The van der Waals surface area contributed by atoms with Gasteiger partial charge in [-0.25, -0.2) is 8.42 Å². The summed E-state index contributed by atoms with van der Waals surface area (Å²) in [6.45, 7) is 1.48. The molecule has 1 saturated heterocycles. The molecule has 1 saturated carbocycles. The number of nitrogens with one attached hydrogen (secondary N) is 1. The number of sulfonamides is 1. The van der Waals surface area contributed by atoms with E-state index < -0.39 is 10.0 Å². The van der Waals surface area contributed by atoms with Gasteiger partial charge >= 0.3 is 0 Å². The zero-order valence-electron chi connectivity index (χ0n) is 12.4. The third-order valence-electron chi connectivity index (χ3n) is 4.34. The van der Waals surface area contributed by atoms with Crippen LogP contribution in [0.1, 0.15) is 37.7 Å². The highest BCUT2D eigenvalue weighted by molar-refractivity contribution is 7.88. The quantitative estimate of drug-likeness (QED) is 0.876. The molecule has 0 aromatic heterocycles. The predicted octanol–water partition coefficient (Wildman–Crippen LogP) is 2.12. The molecule has 0 bridgehead atoms. The van der Waals surface area contributed by atoms with Gasteiger partial charge in [-0.2, -0.15) is 4.31 Å². The molecule has 1 unspecified atom stereocenters. The monoisotopic (exact) mass is 308 g/mol. The Morgan fingerprint density at radius 3 is 2.57 bits per heavy atom. The summed E-state index contributed by atoms with van der Waals surface area (Å²) in [7, 11) is -3.22. The number of nitrogens with zero attached hydrogens (tertiary/aromatic N) is 1. The molecule has 5 heteroatoms. The van der Waals surface area contributed by atoms with Gasteiger partial charge in [0.25, 0.3) is 0 Å². The maximum Gasteiger partial charge on any atom is 0.218 e. The Morgan fingerprint density at radius 2 is 1.86 bits per heavy atom. The molecule has 1 heterocycles. The maximum atomic E-state index is 12.7. The van der Waals surface area contributed by atoms with E-state index in [0.717, 1.165) is 31.4 Å². The van der Waals surface area contributed by atoms with E-state index in [1.807, 2.05) is 30.3 Å². The van der Waals surface area contributed by atoms with Gasteiger partial charge < -0.3 is 5.32 Å². The van der Waals surface area contributed by atoms with E-state index in [9.17, 15) is 8.42 Å². The standard InChI is InChI=1S/C16H24N2O2S/c19-21(20,13-14-6-2-1-3-7-14)18-11-5-4-8-16(18)12-17-15-9-10-15/h1-3,6-7,15-17H,4-5,8-13H2. The third-order valence-corrected chi connectivity index (χ3v) is 6.24. The van der Waals surface area contributed by atoms with Crippen LogP contribution in [0.25, 0.3) is 0 Å². The number of rotatable bonds is 6. The van der Waals surface area contributed by atoms with Gasteiger partial charge in [0, 0.05) is 25.2 Å². The van der Waals surface area contributed by atoms with Crippen molar-refractivity contribution >= 4 is 10.0 Å². The van der Waals surface area contributed by atoms with Crippen LogP contribution in [0.3, 0.4) is 0 Å². The van der Waals surface area contributed by atoms with E-state index in [0.29, 0.717) is 12.6 Å². The average Bonchev–Trinajstić information content (AvgIpc) is 3.30. The molecule has 4 nitrogen and oxygen atoms in total. The molecule has 1 aliphatic carbocycles. The van der Waals surface area contributed by atoms with Crippen molar-refractivity contribution in [1.29, 1.82) is 0 Å². The lowest BCUT2D eigenvalue weighted by Crippen LogP contribution is -2.49. The van der Waals surface area contributed by atoms with Gasteiger partial charge in [0.15, 0.2) is 0 Å². The highest BCUT2D eigenvalue weighted by atomic mass is 32.2. The minimum Gasteiger partial charge on any atom is -0.312 e. The first-order valence-electron chi connectivity index (χ1n) is 7.92. The molecule has 21 heavy (non-hydrogen) atoms. The van der Waals surface area contributed by atoms with Gasteiger partial charge in [-0.1, -0.05) is 36.8 Å². The molecule has 1 aromatic carbocycles. The zero-order chi connectivity index (χ0) is 14.7. The van der Waals surface area contributed by atoms with Gasteiger partial charge in [0.1, 0.15) is 0 Å².